The lowest BCUT2D eigenvalue weighted by molar-refractivity contribution is -0.113. The van der Waals surface area contributed by atoms with E-state index in [9.17, 15) is 9.90 Å². The fraction of sp³-hybridized carbons (Fsp3) is 0.333. The molecule has 0 aromatic heterocycles. The summed E-state index contributed by atoms with van der Waals surface area (Å²) in [4.78, 5) is 19.4. The molecule has 1 heterocycles. The van der Waals surface area contributed by atoms with Crippen LogP contribution in [0, 0.1) is 0 Å². The number of hydrogen-bond donors (Lipinski definition) is 1. The number of ether oxygens (including phenoxy) is 1. The second kappa shape index (κ2) is 9.06. The van der Waals surface area contributed by atoms with E-state index < -0.39 is 5.60 Å². The fourth-order valence-corrected chi connectivity index (χ4v) is 3.91. The number of anilines is 1. The summed E-state index contributed by atoms with van der Waals surface area (Å²) in [6, 6.07) is 15.5. The Morgan fingerprint density at radius 2 is 1.90 bits per heavy atom. The van der Waals surface area contributed by atoms with Gasteiger partial charge in [0.05, 0.1) is 18.4 Å². The molecule has 0 unspecified atom stereocenters. The van der Waals surface area contributed by atoms with Gasteiger partial charge in [-0.25, -0.2) is 4.99 Å². The summed E-state index contributed by atoms with van der Waals surface area (Å²) in [5.41, 5.74) is 2.34. The number of carbonyl (C=O) groups excluding carboxylic acids is 1. The molecule has 0 atom stereocenters. The average Bonchev–Trinajstić information content (AvgIpc) is 3.01. The molecule has 1 aliphatic heterocycles. The standard InChI is InChI=1S/C24H28N2O3S/c1-16(2)18-11-9-17(10-12-18)13-21-22(27)26(19-7-6-8-20(14-19)29-5)23(25-21)30-15-24(3,4)28/h6-14,16,28H,15H2,1-5H3/b21-13-. The number of nitrogens with zero attached hydrogens (tertiary/aromatic N) is 2. The Hall–Kier alpha value is -2.57. The maximum Gasteiger partial charge on any atom is 0.283 e. The molecule has 1 amide bonds. The Morgan fingerprint density at radius 1 is 1.20 bits per heavy atom. The molecule has 0 bridgehead atoms. The zero-order valence-corrected chi connectivity index (χ0v) is 18.9. The second-order valence-corrected chi connectivity index (χ2v) is 9.13. The molecule has 158 valence electrons. The first-order valence-corrected chi connectivity index (χ1v) is 10.9. The van der Waals surface area contributed by atoms with Gasteiger partial charge in [-0.3, -0.25) is 9.69 Å². The molecule has 5 nitrogen and oxygen atoms in total. The van der Waals surface area contributed by atoms with Crippen LogP contribution in [0.5, 0.6) is 5.75 Å². The van der Waals surface area contributed by atoms with E-state index in [1.54, 1.807) is 38.0 Å². The molecule has 3 rings (SSSR count). The lowest BCUT2D eigenvalue weighted by atomic mass is 10.0. The highest BCUT2D eigenvalue weighted by molar-refractivity contribution is 8.14. The van der Waals surface area contributed by atoms with Gasteiger partial charge in [-0.15, -0.1) is 0 Å². The third-order valence-corrected chi connectivity index (χ3v) is 5.98. The smallest absolute Gasteiger partial charge is 0.283 e. The van der Waals surface area contributed by atoms with Crippen LogP contribution in [0.25, 0.3) is 6.08 Å². The number of amides is 1. The van der Waals surface area contributed by atoms with Crippen molar-refractivity contribution in [3.8, 4) is 5.75 Å². The fourth-order valence-electron chi connectivity index (χ4n) is 2.95. The summed E-state index contributed by atoms with van der Waals surface area (Å²) in [5.74, 6) is 1.32. The number of hydrogen-bond acceptors (Lipinski definition) is 5. The minimum Gasteiger partial charge on any atom is -0.497 e. The predicted molar refractivity (Wildman–Crippen MR) is 125 cm³/mol. The van der Waals surface area contributed by atoms with Gasteiger partial charge in [0.2, 0.25) is 0 Å². The van der Waals surface area contributed by atoms with Crippen LogP contribution in [0.4, 0.5) is 5.69 Å². The van der Waals surface area contributed by atoms with Crippen LogP contribution < -0.4 is 9.64 Å². The quantitative estimate of drug-likeness (QED) is 0.658. The molecule has 0 saturated heterocycles. The minimum atomic E-state index is -0.880. The molecule has 2 aromatic carbocycles. The zero-order valence-electron chi connectivity index (χ0n) is 18.0. The van der Waals surface area contributed by atoms with Crippen LogP contribution in [0.15, 0.2) is 59.2 Å². The van der Waals surface area contributed by atoms with Gasteiger partial charge < -0.3 is 9.84 Å². The number of benzene rings is 2. The van der Waals surface area contributed by atoms with Gasteiger partial charge in [0, 0.05) is 11.8 Å². The molecule has 0 saturated carbocycles. The number of methoxy groups -OCH3 is 1. The van der Waals surface area contributed by atoms with Gasteiger partial charge in [-0.05, 0) is 49.1 Å². The van der Waals surface area contributed by atoms with Crippen molar-refractivity contribution in [1.82, 2.24) is 0 Å². The molecule has 2 aromatic rings. The number of carbonyl (C=O) groups is 1. The summed E-state index contributed by atoms with van der Waals surface area (Å²) in [5, 5.41) is 10.7. The first-order valence-electron chi connectivity index (χ1n) is 9.92. The molecule has 0 aliphatic carbocycles. The van der Waals surface area contributed by atoms with Gasteiger partial charge in [-0.1, -0.05) is 55.9 Å². The van der Waals surface area contributed by atoms with Crippen LogP contribution >= 0.6 is 11.8 Å². The molecular formula is C24H28N2O3S. The number of aliphatic hydroxyl groups is 1. The number of amidine groups is 1. The molecule has 30 heavy (non-hydrogen) atoms. The van der Waals surface area contributed by atoms with Gasteiger partial charge in [0.1, 0.15) is 11.4 Å². The van der Waals surface area contributed by atoms with Crippen molar-refractivity contribution in [3.63, 3.8) is 0 Å². The average molecular weight is 425 g/mol. The Bertz CT molecular complexity index is 973. The van der Waals surface area contributed by atoms with Crippen molar-refractivity contribution < 1.29 is 14.6 Å². The Morgan fingerprint density at radius 3 is 2.50 bits per heavy atom. The highest BCUT2D eigenvalue weighted by Gasteiger charge is 2.33. The first-order chi connectivity index (χ1) is 14.2. The Labute approximate surface area is 182 Å². The van der Waals surface area contributed by atoms with E-state index in [4.69, 9.17) is 4.74 Å². The van der Waals surface area contributed by atoms with Crippen molar-refractivity contribution in [3.05, 3.63) is 65.4 Å². The van der Waals surface area contributed by atoms with Crippen LogP contribution in [-0.2, 0) is 4.79 Å². The normalized spacial score (nSPS) is 15.8. The highest BCUT2D eigenvalue weighted by Crippen LogP contribution is 2.32. The van der Waals surface area contributed by atoms with Crippen LogP contribution in [0.3, 0.4) is 0 Å². The van der Waals surface area contributed by atoms with E-state index in [0.29, 0.717) is 34.0 Å². The number of rotatable bonds is 6. The van der Waals surface area contributed by atoms with E-state index in [0.717, 1.165) is 5.56 Å². The monoisotopic (exact) mass is 424 g/mol. The van der Waals surface area contributed by atoms with Crippen LogP contribution in [0.1, 0.15) is 44.7 Å². The Kier molecular flexibility index (Phi) is 6.68. The van der Waals surface area contributed by atoms with E-state index in [1.807, 2.05) is 30.3 Å². The first kappa shape index (κ1) is 22.1. The van der Waals surface area contributed by atoms with Gasteiger partial charge in [0.15, 0.2) is 5.17 Å². The van der Waals surface area contributed by atoms with E-state index in [2.05, 4.69) is 31.0 Å². The third-order valence-electron chi connectivity index (χ3n) is 4.60. The molecule has 1 aliphatic rings. The largest absolute Gasteiger partial charge is 0.497 e. The zero-order chi connectivity index (χ0) is 21.9. The van der Waals surface area contributed by atoms with Gasteiger partial charge >= 0.3 is 0 Å². The molecular weight excluding hydrogens is 396 g/mol. The summed E-state index contributed by atoms with van der Waals surface area (Å²) < 4.78 is 5.31. The topological polar surface area (TPSA) is 62.1 Å². The van der Waals surface area contributed by atoms with Crippen molar-refractivity contribution in [2.75, 3.05) is 17.8 Å². The second-order valence-electron chi connectivity index (χ2n) is 8.19. The van der Waals surface area contributed by atoms with E-state index >= 15 is 0 Å². The lowest BCUT2D eigenvalue weighted by Gasteiger charge is -2.21. The summed E-state index contributed by atoms with van der Waals surface area (Å²) in [7, 11) is 1.59. The summed E-state index contributed by atoms with van der Waals surface area (Å²) in [6.45, 7) is 7.77. The molecule has 6 heteroatoms. The van der Waals surface area contributed by atoms with Crippen molar-refractivity contribution in [2.45, 2.75) is 39.2 Å². The predicted octanol–water partition coefficient (Wildman–Crippen LogP) is 5.07. The van der Waals surface area contributed by atoms with Crippen molar-refractivity contribution >= 4 is 34.6 Å². The van der Waals surface area contributed by atoms with Gasteiger partial charge in [-0.2, -0.15) is 0 Å². The van der Waals surface area contributed by atoms with E-state index in [1.165, 1.54) is 17.3 Å². The Balaban J connectivity index is 1.96. The maximum atomic E-state index is 13.2. The highest BCUT2D eigenvalue weighted by atomic mass is 32.2. The molecule has 0 radical (unpaired) electrons. The number of thioether (sulfide) groups is 1. The lowest BCUT2D eigenvalue weighted by Crippen LogP contribution is -2.32. The van der Waals surface area contributed by atoms with Crippen molar-refractivity contribution in [2.24, 2.45) is 4.99 Å². The van der Waals surface area contributed by atoms with Gasteiger partial charge in [0.25, 0.3) is 5.91 Å². The minimum absolute atomic E-state index is 0.200. The van der Waals surface area contributed by atoms with Crippen molar-refractivity contribution in [1.29, 1.82) is 0 Å². The van der Waals surface area contributed by atoms with Crippen LogP contribution in [-0.4, -0.2) is 34.6 Å². The SMILES string of the molecule is COc1cccc(N2C(=O)/C(=C/c3ccc(C(C)C)cc3)N=C2SCC(C)(C)O)c1. The number of aliphatic imine (C=N–C) groups is 1. The maximum absolute atomic E-state index is 13.2. The van der Waals surface area contributed by atoms with Crippen LogP contribution in [0.2, 0.25) is 0 Å². The molecule has 0 fully saturated rings. The molecule has 1 N–H and O–H groups in total. The summed E-state index contributed by atoms with van der Waals surface area (Å²) in [6.07, 6.45) is 1.80. The molecule has 0 spiro atoms. The summed E-state index contributed by atoms with van der Waals surface area (Å²) >= 11 is 1.36. The third kappa shape index (κ3) is 5.32. The van der Waals surface area contributed by atoms with E-state index in [-0.39, 0.29) is 5.91 Å².